The Bertz CT molecular complexity index is 1560. The zero-order valence-electron chi connectivity index (χ0n) is 24.4. The molecule has 0 unspecified atom stereocenters. The fourth-order valence-electron chi connectivity index (χ4n) is 7.48. The van der Waals surface area contributed by atoms with Gasteiger partial charge in [0.2, 0.25) is 5.91 Å². The van der Waals surface area contributed by atoms with E-state index in [0.29, 0.717) is 19.5 Å². The van der Waals surface area contributed by atoms with Gasteiger partial charge in [-0.25, -0.2) is 4.39 Å². The Hall–Kier alpha value is -2.09. The lowest BCUT2D eigenvalue weighted by molar-refractivity contribution is -0.151. The lowest BCUT2D eigenvalue weighted by Gasteiger charge is -2.37. The first kappa shape index (κ1) is 30.9. The van der Waals surface area contributed by atoms with E-state index >= 15 is 4.39 Å². The second-order valence-electron chi connectivity index (χ2n) is 12.5. The molecule has 0 saturated carbocycles. The number of benzene rings is 3. The van der Waals surface area contributed by atoms with Crippen LogP contribution in [-0.4, -0.2) is 46.2 Å². The van der Waals surface area contributed by atoms with Crippen molar-refractivity contribution in [2.24, 2.45) is 11.8 Å². The minimum absolute atomic E-state index is 0.0769. The second-order valence-corrected chi connectivity index (χ2v) is 15.0. The smallest absolute Gasteiger partial charge is 0.264 e. The van der Waals surface area contributed by atoms with Crippen molar-refractivity contribution in [2.45, 2.75) is 70.1 Å². The lowest BCUT2D eigenvalue weighted by Crippen LogP contribution is -2.48. The molecule has 3 aromatic rings. The highest BCUT2D eigenvalue weighted by Crippen LogP contribution is 2.58. The maximum atomic E-state index is 16.2. The van der Waals surface area contributed by atoms with E-state index in [1.165, 1.54) is 13.8 Å². The molecule has 0 radical (unpaired) electrons. The SMILES string of the molecule is C[C@@H]1[C@@H](C(C)(C)F)[C@H](CC(=O)N2Cc3ccccc3C[C@H]2CO)O[C@@]12C(=O)N(Cc1ccc(I)cc1)c1ccc(I)cc12. The molecule has 5 atom stereocenters. The van der Waals surface area contributed by atoms with Gasteiger partial charge < -0.3 is 19.6 Å². The highest BCUT2D eigenvalue weighted by molar-refractivity contribution is 14.1. The number of hydrogen-bond donors (Lipinski definition) is 1. The van der Waals surface area contributed by atoms with Crippen LogP contribution >= 0.6 is 45.2 Å². The van der Waals surface area contributed by atoms with Crippen molar-refractivity contribution >= 4 is 62.7 Å². The number of alkyl halides is 1. The summed E-state index contributed by atoms with van der Waals surface area (Å²) in [7, 11) is 0. The van der Waals surface area contributed by atoms with Crippen molar-refractivity contribution in [3.8, 4) is 0 Å². The number of amides is 2. The van der Waals surface area contributed by atoms with Crippen LogP contribution in [0.5, 0.6) is 0 Å². The highest BCUT2D eigenvalue weighted by atomic mass is 127. The number of nitrogens with zero attached hydrogens (tertiary/aromatic N) is 2. The molecular weight excluding hydrogens is 773 g/mol. The van der Waals surface area contributed by atoms with Gasteiger partial charge >= 0.3 is 0 Å². The van der Waals surface area contributed by atoms with E-state index in [-0.39, 0.29) is 30.9 Å². The molecule has 3 aliphatic rings. The molecule has 3 aliphatic heterocycles. The van der Waals surface area contributed by atoms with Crippen LogP contribution in [0, 0.1) is 19.0 Å². The third kappa shape index (κ3) is 5.42. The summed E-state index contributed by atoms with van der Waals surface area (Å²) in [5, 5.41) is 10.2. The Morgan fingerprint density at radius 3 is 2.42 bits per heavy atom. The maximum Gasteiger partial charge on any atom is 0.264 e. The van der Waals surface area contributed by atoms with Gasteiger partial charge in [0.25, 0.3) is 5.91 Å². The minimum atomic E-state index is -1.72. The summed E-state index contributed by atoms with van der Waals surface area (Å²) in [5.41, 5.74) is 1.50. The van der Waals surface area contributed by atoms with Gasteiger partial charge in [0, 0.05) is 31.1 Å². The molecule has 43 heavy (non-hydrogen) atoms. The molecule has 0 bridgehead atoms. The van der Waals surface area contributed by atoms with Gasteiger partial charge in [-0.1, -0.05) is 43.3 Å². The van der Waals surface area contributed by atoms with Crippen LogP contribution in [-0.2, 0) is 39.4 Å². The Labute approximate surface area is 279 Å². The molecule has 2 amide bonds. The number of carbonyl (C=O) groups is 2. The third-order valence-corrected chi connectivity index (χ3v) is 10.8. The molecule has 1 fully saturated rings. The molecule has 1 spiro atoms. The van der Waals surface area contributed by atoms with E-state index in [0.717, 1.165) is 35.1 Å². The largest absolute Gasteiger partial charge is 0.394 e. The number of anilines is 1. The Balaban J connectivity index is 1.35. The van der Waals surface area contributed by atoms with Crippen molar-refractivity contribution in [2.75, 3.05) is 11.5 Å². The number of carbonyl (C=O) groups excluding carboxylic acids is 2. The lowest BCUT2D eigenvalue weighted by atomic mass is 9.71. The zero-order valence-corrected chi connectivity index (χ0v) is 28.7. The van der Waals surface area contributed by atoms with Crippen LogP contribution in [0.4, 0.5) is 10.1 Å². The van der Waals surface area contributed by atoms with E-state index in [4.69, 9.17) is 4.74 Å². The molecule has 9 heteroatoms. The Morgan fingerprint density at radius 2 is 1.74 bits per heavy atom. The van der Waals surface area contributed by atoms with Crippen molar-refractivity contribution in [1.82, 2.24) is 4.90 Å². The predicted molar refractivity (Wildman–Crippen MR) is 180 cm³/mol. The summed E-state index contributed by atoms with van der Waals surface area (Å²) in [4.78, 5) is 32.0. The summed E-state index contributed by atoms with van der Waals surface area (Å²) in [6.07, 6.45) is -0.348. The fraction of sp³-hybridized carbons (Fsp3) is 0.412. The van der Waals surface area contributed by atoms with Crippen LogP contribution in [0.15, 0.2) is 66.7 Å². The number of aliphatic hydroxyl groups is 1. The zero-order chi connectivity index (χ0) is 30.7. The van der Waals surface area contributed by atoms with Crippen molar-refractivity contribution in [1.29, 1.82) is 0 Å². The van der Waals surface area contributed by atoms with E-state index in [1.54, 1.807) is 9.80 Å². The number of ether oxygens (including phenoxy) is 1. The minimum Gasteiger partial charge on any atom is -0.394 e. The maximum absolute atomic E-state index is 16.2. The first-order valence-corrected chi connectivity index (χ1v) is 16.8. The van der Waals surface area contributed by atoms with Crippen molar-refractivity contribution in [3.05, 3.63) is 96.1 Å². The fourth-order valence-corrected chi connectivity index (χ4v) is 8.33. The number of rotatable bonds is 6. The summed E-state index contributed by atoms with van der Waals surface area (Å²) < 4.78 is 25.0. The number of hydrogen-bond acceptors (Lipinski definition) is 4. The topological polar surface area (TPSA) is 70.1 Å². The van der Waals surface area contributed by atoms with E-state index in [1.807, 2.05) is 73.7 Å². The quantitative estimate of drug-likeness (QED) is 0.294. The molecule has 0 aliphatic carbocycles. The predicted octanol–water partition coefficient (Wildman–Crippen LogP) is 6.37. The van der Waals surface area contributed by atoms with Crippen LogP contribution in [0.25, 0.3) is 0 Å². The molecule has 1 saturated heterocycles. The first-order chi connectivity index (χ1) is 20.4. The molecule has 3 aromatic carbocycles. The summed E-state index contributed by atoms with van der Waals surface area (Å²) >= 11 is 4.49. The van der Waals surface area contributed by atoms with Crippen molar-refractivity contribution in [3.63, 3.8) is 0 Å². The van der Waals surface area contributed by atoms with Crippen LogP contribution in [0.1, 0.15) is 49.4 Å². The molecule has 6 rings (SSSR count). The normalized spacial score (nSPS) is 26.6. The van der Waals surface area contributed by atoms with E-state index in [9.17, 15) is 14.7 Å². The van der Waals surface area contributed by atoms with Gasteiger partial charge in [-0.2, -0.15) is 0 Å². The number of fused-ring (bicyclic) bond motifs is 3. The monoisotopic (exact) mass is 808 g/mol. The average molecular weight is 808 g/mol. The molecule has 1 N–H and O–H groups in total. The summed E-state index contributed by atoms with van der Waals surface area (Å²) in [5.74, 6) is -1.68. The van der Waals surface area contributed by atoms with Crippen LogP contribution in [0.2, 0.25) is 0 Å². The van der Waals surface area contributed by atoms with Gasteiger partial charge in [0.15, 0.2) is 5.60 Å². The first-order valence-electron chi connectivity index (χ1n) is 14.6. The highest BCUT2D eigenvalue weighted by Gasteiger charge is 2.66. The summed E-state index contributed by atoms with van der Waals surface area (Å²) in [6.45, 7) is 5.49. The Kier molecular flexibility index (Phi) is 8.40. The van der Waals surface area contributed by atoms with Gasteiger partial charge in [-0.05, 0) is 112 Å². The van der Waals surface area contributed by atoms with Gasteiger partial charge in [0.05, 0.1) is 37.4 Å². The second kappa shape index (κ2) is 11.7. The van der Waals surface area contributed by atoms with Crippen molar-refractivity contribution < 1.29 is 23.8 Å². The van der Waals surface area contributed by atoms with Gasteiger partial charge in [-0.3, -0.25) is 9.59 Å². The number of halogens is 3. The molecular formula is C34H35FI2N2O4. The average Bonchev–Trinajstić information content (AvgIpc) is 3.39. The molecule has 3 heterocycles. The summed E-state index contributed by atoms with van der Waals surface area (Å²) in [6, 6.07) is 21.5. The van der Waals surface area contributed by atoms with Gasteiger partial charge in [0.1, 0.15) is 5.67 Å². The number of aliphatic hydroxyl groups excluding tert-OH is 1. The van der Waals surface area contributed by atoms with Crippen LogP contribution < -0.4 is 4.90 Å². The van der Waals surface area contributed by atoms with Gasteiger partial charge in [-0.15, -0.1) is 0 Å². The van der Waals surface area contributed by atoms with Crippen LogP contribution in [0.3, 0.4) is 0 Å². The molecule has 0 aromatic heterocycles. The Morgan fingerprint density at radius 1 is 1.07 bits per heavy atom. The van der Waals surface area contributed by atoms with E-state index < -0.39 is 29.2 Å². The van der Waals surface area contributed by atoms with E-state index in [2.05, 4.69) is 45.2 Å². The third-order valence-electron chi connectivity index (χ3n) is 9.44. The molecule has 226 valence electrons. The molecule has 6 nitrogen and oxygen atoms in total. The standard InChI is InChI=1S/C34H35FI2N2O4/c1-20-31(33(2,3)35)29(16-30(41)38-18-23-7-5-4-6-22(23)14-26(38)19-40)43-34(20)27-15-25(37)12-13-28(27)39(32(34)42)17-21-8-10-24(36)11-9-21/h4-13,15,20,26,29,31,40H,14,16-19H2,1-3H3/t20-,26+,29+,31-,34+/m1/s1.